The number of fused-ring (bicyclic) bond motifs is 4. The smallest absolute Gasteiger partial charge is 0.135 e. The van der Waals surface area contributed by atoms with Gasteiger partial charge in [-0.05, 0) is 92.7 Å². The van der Waals surface area contributed by atoms with Gasteiger partial charge in [0, 0.05) is 27.8 Å². The minimum Gasteiger partial charge on any atom is -0.456 e. The van der Waals surface area contributed by atoms with E-state index in [-0.39, 0.29) is 0 Å². The third-order valence-corrected chi connectivity index (χ3v) is 9.27. The fraction of sp³-hybridized carbons (Fsp3) is 0. The van der Waals surface area contributed by atoms with E-state index >= 15 is 0 Å². The molecule has 0 N–H and O–H groups in total. The molecule has 9 rings (SSSR count). The minimum absolute atomic E-state index is 0.888. The van der Waals surface area contributed by atoms with Gasteiger partial charge < -0.3 is 9.32 Å². The molecule has 0 amide bonds. The van der Waals surface area contributed by atoms with Crippen LogP contribution in [-0.2, 0) is 0 Å². The van der Waals surface area contributed by atoms with Crippen LogP contribution >= 0.6 is 0 Å². The Morgan fingerprint density at radius 3 is 1.65 bits per heavy atom. The van der Waals surface area contributed by atoms with Crippen molar-refractivity contribution < 1.29 is 4.42 Å². The standard InChI is InChI=1S/C46H31NO/c1-2-10-32(11-3-1)33-20-22-34(23-21-33)35-24-26-38(27-25-35)47(40-28-29-46-44(31-40)43-17-6-7-19-45(43)48-46)39-15-8-14-37(30-39)42-18-9-13-36-12-4-5-16-41(36)42/h1-31H. The van der Waals surface area contributed by atoms with Gasteiger partial charge in [-0.15, -0.1) is 0 Å². The Labute approximate surface area is 279 Å². The zero-order valence-corrected chi connectivity index (χ0v) is 26.3. The molecule has 1 heterocycles. The molecule has 1 aromatic heterocycles. The summed E-state index contributed by atoms with van der Waals surface area (Å²) in [5, 5.41) is 4.71. The Kier molecular flexibility index (Phi) is 6.84. The molecule has 0 atom stereocenters. The van der Waals surface area contributed by atoms with Crippen LogP contribution in [0.1, 0.15) is 0 Å². The van der Waals surface area contributed by atoms with Gasteiger partial charge in [-0.3, -0.25) is 0 Å². The zero-order chi connectivity index (χ0) is 31.9. The summed E-state index contributed by atoms with van der Waals surface area (Å²) in [7, 11) is 0. The van der Waals surface area contributed by atoms with Gasteiger partial charge in [0.25, 0.3) is 0 Å². The fourth-order valence-corrected chi connectivity index (χ4v) is 6.88. The predicted molar refractivity (Wildman–Crippen MR) is 202 cm³/mol. The number of hydrogen-bond donors (Lipinski definition) is 0. The number of furan rings is 1. The lowest BCUT2D eigenvalue weighted by molar-refractivity contribution is 0.669. The lowest BCUT2D eigenvalue weighted by Gasteiger charge is -2.26. The molecule has 0 saturated heterocycles. The second kappa shape index (κ2) is 11.8. The summed E-state index contributed by atoms with van der Waals surface area (Å²) in [5.74, 6) is 0. The van der Waals surface area contributed by atoms with Crippen molar-refractivity contribution in [3.05, 3.63) is 188 Å². The van der Waals surface area contributed by atoms with E-state index in [1.165, 1.54) is 44.2 Å². The van der Waals surface area contributed by atoms with Crippen molar-refractivity contribution in [3.8, 4) is 33.4 Å². The molecule has 0 fully saturated rings. The molecule has 0 aliphatic carbocycles. The normalized spacial score (nSPS) is 11.3. The zero-order valence-electron chi connectivity index (χ0n) is 26.3. The van der Waals surface area contributed by atoms with Crippen LogP contribution in [0.2, 0.25) is 0 Å². The largest absolute Gasteiger partial charge is 0.456 e. The number of para-hydroxylation sites is 1. The van der Waals surface area contributed by atoms with Crippen LogP contribution in [0.25, 0.3) is 66.1 Å². The first-order valence-corrected chi connectivity index (χ1v) is 16.3. The molecule has 0 spiro atoms. The molecule has 9 aromatic rings. The van der Waals surface area contributed by atoms with Crippen LogP contribution in [-0.4, -0.2) is 0 Å². The van der Waals surface area contributed by atoms with Gasteiger partial charge in [0.1, 0.15) is 11.2 Å². The van der Waals surface area contributed by atoms with Crippen molar-refractivity contribution in [2.24, 2.45) is 0 Å². The van der Waals surface area contributed by atoms with Crippen molar-refractivity contribution in [3.63, 3.8) is 0 Å². The van der Waals surface area contributed by atoms with E-state index in [0.29, 0.717) is 0 Å². The third kappa shape index (κ3) is 5.01. The monoisotopic (exact) mass is 613 g/mol. The highest BCUT2D eigenvalue weighted by molar-refractivity contribution is 6.06. The summed E-state index contributed by atoms with van der Waals surface area (Å²) in [5.41, 5.74) is 12.3. The maximum absolute atomic E-state index is 6.20. The molecule has 2 nitrogen and oxygen atoms in total. The van der Waals surface area contributed by atoms with Gasteiger partial charge in [0.15, 0.2) is 0 Å². The Hall–Kier alpha value is -6.38. The molecule has 2 heteroatoms. The second-order valence-electron chi connectivity index (χ2n) is 12.2. The van der Waals surface area contributed by atoms with Crippen molar-refractivity contribution >= 4 is 49.8 Å². The molecule has 0 bridgehead atoms. The van der Waals surface area contributed by atoms with Gasteiger partial charge in [0.05, 0.1) is 0 Å². The van der Waals surface area contributed by atoms with Gasteiger partial charge in [-0.1, -0.05) is 140 Å². The topological polar surface area (TPSA) is 16.4 Å². The second-order valence-corrected chi connectivity index (χ2v) is 12.2. The fourth-order valence-electron chi connectivity index (χ4n) is 6.88. The number of benzene rings is 8. The number of anilines is 3. The molecule has 0 unspecified atom stereocenters. The van der Waals surface area contributed by atoms with Gasteiger partial charge in [-0.25, -0.2) is 0 Å². The first-order chi connectivity index (χ1) is 23.8. The number of hydrogen-bond acceptors (Lipinski definition) is 2. The van der Waals surface area contributed by atoms with Crippen LogP contribution in [0.3, 0.4) is 0 Å². The highest BCUT2D eigenvalue weighted by atomic mass is 16.3. The summed E-state index contributed by atoms with van der Waals surface area (Å²) in [6, 6.07) is 67.0. The Balaban J connectivity index is 1.15. The molecule has 0 aliphatic heterocycles. The molecular weight excluding hydrogens is 583 g/mol. The predicted octanol–water partition coefficient (Wildman–Crippen LogP) is 13.2. The summed E-state index contributed by atoms with van der Waals surface area (Å²) in [4.78, 5) is 2.35. The molecule has 0 saturated carbocycles. The highest BCUT2D eigenvalue weighted by Crippen LogP contribution is 2.41. The summed E-state index contributed by atoms with van der Waals surface area (Å²) < 4.78 is 6.20. The Bertz CT molecular complexity index is 2540. The van der Waals surface area contributed by atoms with Crippen LogP contribution in [0.5, 0.6) is 0 Å². The van der Waals surface area contributed by atoms with Gasteiger partial charge >= 0.3 is 0 Å². The molecular formula is C46H31NO. The molecule has 8 aromatic carbocycles. The van der Waals surface area contributed by atoms with E-state index in [9.17, 15) is 0 Å². The summed E-state index contributed by atoms with van der Waals surface area (Å²) >= 11 is 0. The van der Waals surface area contributed by atoms with Gasteiger partial charge in [0.2, 0.25) is 0 Å². The van der Waals surface area contributed by atoms with E-state index in [4.69, 9.17) is 4.42 Å². The lowest BCUT2D eigenvalue weighted by atomic mass is 9.97. The third-order valence-electron chi connectivity index (χ3n) is 9.27. The van der Waals surface area contributed by atoms with E-state index in [1.54, 1.807) is 0 Å². The first kappa shape index (κ1) is 27.9. The maximum Gasteiger partial charge on any atom is 0.135 e. The maximum atomic E-state index is 6.20. The van der Waals surface area contributed by atoms with Crippen molar-refractivity contribution in [1.29, 1.82) is 0 Å². The molecule has 226 valence electrons. The van der Waals surface area contributed by atoms with Crippen molar-refractivity contribution in [1.82, 2.24) is 0 Å². The van der Waals surface area contributed by atoms with Crippen LogP contribution in [0.4, 0.5) is 17.1 Å². The summed E-state index contributed by atoms with van der Waals surface area (Å²) in [6.07, 6.45) is 0. The molecule has 0 aliphatic rings. The lowest BCUT2D eigenvalue weighted by Crippen LogP contribution is -2.10. The van der Waals surface area contributed by atoms with E-state index in [0.717, 1.165) is 39.0 Å². The van der Waals surface area contributed by atoms with Gasteiger partial charge in [-0.2, -0.15) is 0 Å². The Morgan fingerprint density at radius 2 is 0.854 bits per heavy atom. The minimum atomic E-state index is 0.888. The van der Waals surface area contributed by atoms with E-state index in [2.05, 4.69) is 181 Å². The highest BCUT2D eigenvalue weighted by Gasteiger charge is 2.17. The first-order valence-electron chi connectivity index (χ1n) is 16.3. The number of nitrogens with zero attached hydrogens (tertiary/aromatic N) is 1. The Morgan fingerprint density at radius 1 is 0.312 bits per heavy atom. The molecule has 0 radical (unpaired) electrons. The quantitative estimate of drug-likeness (QED) is 0.185. The van der Waals surface area contributed by atoms with Crippen LogP contribution < -0.4 is 4.90 Å². The van der Waals surface area contributed by atoms with Crippen molar-refractivity contribution in [2.75, 3.05) is 4.90 Å². The summed E-state index contributed by atoms with van der Waals surface area (Å²) in [6.45, 7) is 0. The van der Waals surface area contributed by atoms with E-state index in [1.807, 2.05) is 12.1 Å². The number of rotatable bonds is 6. The van der Waals surface area contributed by atoms with Crippen molar-refractivity contribution in [2.45, 2.75) is 0 Å². The molecule has 48 heavy (non-hydrogen) atoms. The van der Waals surface area contributed by atoms with Crippen LogP contribution in [0, 0.1) is 0 Å². The average molecular weight is 614 g/mol. The van der Waals surface area contributed by atoms with E-state index < -0.39 is 0 Å². The SMILES string of the molecule is c1ccc(-c2ccc(-c3ccc(N(c4cccc(-c5cccc6ccccc56)c4)c4ccc5oc6ccccc6c5c4)cc3)cc2)cc1. The average Bonchev–Trinajstić information content (AvgIpc) is 3.54. The van der Waals surface area contributed by atoms with Crippen LogP contribution in [0.15, 0.2) is 192 Å².